The lowest BCUT2D eigenvalue weighted by molar-refractivity contribution is -0.135. The summed E-state index contributed by atoms with van der Waals surface area (Å²) in [6, 6.07) is 6.30. The van der Waals surface area contributed by atoms with E-state index in [1.807, 2.05) is 0 Å². The summed E-state index contributed by atoms with van der Waals surface area (Å²) in [5, 5.41) is 14.4. The van der Waals surface area contributed by atoms with Crippen molar-refractivity contribution in [1.29, 1.82) is 0 Å². The van der Waals surface area contributed by atoms with Crippen LogP contribution in [0.25, 0.3) is 0 Å². The Kier molecular flexibility index (Phi) is 4.11. The third-order valence-electron chi connectivity index (χ3n) is 3.09. The summed E-state index contributed by atoms with van der Waals surface area (Å²) in [6.45, 7) is 0.306. The summed E-state index contributed by atoms with van der Waals surface area (Å²) in [4.78, 5) is 23.0. The molecule has 1 aromatic carbocycles. The van der Waals surface area contributed by atoms with Crippen molar-refractivity contribution >= 4 is 11.8 Å². The van der Waals surface area contributed by atoms with Crippen molar-refractivity contribution in [3.8, 4) is 0 Å². The van der Waals surface area contributed by atoms with E-state index in [-0.39, 0.29) is 18.9 Å². The van der Waals surface area contributed by atoms with E-state index in [1.54, 1.807) is 18.2 Å². The van der Waals surface area contributed by atoms with Crippen molar-refractivity contribution in [3.05, 3.63) is 35.6 Å². The molecule has 1 aromatic rings. The maximum absolute atomic E-state index is 13.3. The van der Waals surface area contributed by atoms with Crippen molar-refractivity contribution in [2.24, 2.45) is 5.92 Å². The van der Waals surface area contributed by atoms with Crippen molar-refractivity contribution in [1.82, 2.24) is 10.6 Å². The van der Waals surface area contributed by atoms with Crippen molar-refractivity contribution in [2.45, 2.75) is 12.5 Å². The predicted octanol–water partition coefficient (Wildman–Crippen LogP) is -0.409. The fourth-order valence-electron chi connectivity index (χ4n) is 2.03. The summed E-state index contributed by atoms with van der Waals surface area (Å²) in [5.41, 5.74) is 0.499. The van der Waals surface area contributed by atoms with Crippen LogP contribution in [0.3, 0.4) is 0 Å². The van der Waals surface area contributed by atoms with Crippen LogP contribution in [0.4, 0.5) is 4.39 Å². The van der Waals surface area contributed by atoms with E-state index in [0.29, 0.717) is 12.0 Å². The molecule has 3 N–H and O–H groups in total. The van der Waals surface area contributed by atoms with Crippen LogP contribution in [0.1, 0.15) is 5.56 Å². The molecule has 1 saturated heterocycles. The Bertz CT molecular complexity index is 493. The zero-order valence-corrected chi connectivity index (χ0v) is 10.2. The normalized spacial score (nSPS) is 22.1. The number of aliphatic hydroxyl groups is 1. The van der Waals surface area contributed by atoms with Crippen LogP contribution in [0, 0.1) is 11.7 Å². The number of hydrogen-bond donors (Lipinski definition) is 3. The SMILES string of the molecule is O=C(NCCc1ccccc1F)C1C(=O)NCC1O. The van der Waals surface area contributed by atoms with Gasteiger partial charge in [0.1, 0.15) is 11.7 Å². The summed E-state index contributed by atoms with van der Waals surface area (Å²) in [5.74, 6) is -2.40. The minimum atomic E-state index is -1.07. The summed E-state index contributed by atoms with van der Waals surface area (Å²) >= 11 is 0. The third kappa shape index (κ3) is 3.08. The van der Waals surface area contributed by atoms with Crippen molar-refractivity contribution < 1.29 is 19.1 Å². The molecule has 2 amide bonds. The first-order chi connectivity index (χ1) is 9.09. The lowest BCUT2D eigenvalue weighted by Gasteiger charge is -2.12. The van der Waals surface area contributed by atoms with Gasteiger partial charge >= 0.3 is 0 Å². The fraction of sp³-hybridized carbons (Fsp3) is 0.385. The van der Waals surface area contributed by atoms with Gasteiger partial charge in [-0.25, -0.2) is 4.39 Å². The molecule has 1 heterocycles. The molecule has 2 unspecified atom stereocenters. The van der Waals surface area contributed by atoms with Gasteiger partial charge in [0.25, 0.3) is 0 Å². The zero-order chi connectivity index (χ0) is 13.8. The molecule has 0 aliphatic carbocycles. The number of carbonyl (C=O) groups is 2. The minimum absolute atomic E-state index is 0.0875. The molecule has 2 atom stereocenters. The second-order valence-corrected chi connectivity index (χ2v) is 4.42. The first-order valence-corrected chi connectivity index (χ1v) is 6.06. The topological polar surface area (TPSA) is 78.4 Å². The minimum Gasteiger partial charge on any atom is -0.390 e. The van der Waals surface area contributed by atoms with E-state index >= 15 is 0 Å². The maximum Gasteiger partial charge on any atom is 0.235 e. The van der Waals surface area contributed by atoms with Crippen LogP contribution < -0.4 is 10.6 Å². The maximum atomic E-state index is 13.3. The van der Waals surface area contributed by atoms with Gasteiger partial charge in [-0.1, -0.05) is 18.2 Å². The van der Waals surface area contributed by atoms with Gasteiger partial charge in [0, 0.05) is 13.1 Å². The van der Waals surface area contributed by atoms with E-state index in [4.69, 9.17) is 0 Å². The molecular formula is C13H15FN2O3. The van der Waals surface area contributed by atoms with Gasteiger partial charge in [0.15, 0.2) is 0 Å². The van der Waals surface area contributed by atoms with Gasteiger partial charge in [-0.15, -0.1) is 0 Å². The van der Waals surface area contributed by atoms with E-state index in [9.17, 15) is 19.1 Å². The standard InChI is InChI=1S/C13H15FN2O3/c14-9-4-2-1-3-8(9)5-6-15-12(18)11-10(17)7-16-13(11)19/h1-4,10-11,17H,5-7H2,(H,15,18)(H,16,19). The van der Waals surface area contributed by atoms with Gasteiger partial charge < -0.3 is 15.7 Å². The lowest BCUT2D eigenvalue weighted by atomic mass is 10.0. The fourth-order valence-corrected chi connectivity index (χ4v) is 2.03. The highest BCUT2D eigenvalue weighted by Crippen LogP contribution is 2.11. The molecule has 102 valence electrons. The number of rotatable bonds is 4. The Morgan fingerprint density at radius 1 is 1.47 bits per heavy atom. The molecule has 0 bridgehead atoms. The Hall–Kier alpha value is -1.95. The second kappa shape index (κ2) is 5.79. The van der Waals surface area contributed by atoms with Gasteiger partial charge in [0.05, 0.1) is 6.10 Å². The van der Waals surface area contributed by atoms with E-state index in [0.717, 1.165) is 0 Å². The van der Waals surface area contributed by atoms with Gasteiger partial charge in [0.2, 0.25) is 11.8 Å². The first-order valence-electron chi connectivity index (χ1n) is 6.06. The largest absolute Gasteiger partial charge is 0.390 e. The Labute approximate surface area is 109 Å². The van der Waals surface area contributed by atoms with Crippen LogP contribution in [0.15, 0.2) is 24.3 Å². The van der Waals surface area contributed by atoms with Gasteiger partial charge in [-0.2, -0.15) is 0 Å². The van der Waals surface area contributed by atoms with Crippen molar-refractivity contribution in [2.75, 3.05) is 13.1 Å². The molecule has 2 rings (SSSR count). The van der Waals surface area contributed by atoms with E-state index < -0.39 is 23.8 Å². The van der Waals surface area contributed by atoms with Crippen LogP contribution in [0.5, 0.6) is 0 Å². The van der Waals surface area contributed by atoms with Crippen LogP contribution in [-0.4, -0.2) is 36.1 Å². The average molecular weight is 266 g/mol. The molecule has 0 radical (unpaired) electrons. The van der Waals surface area contributed by atoms with Gasteiger partial charge in [-0.3, -0.25) is 9.59 Å². The number of benzene rings is 1. The molecule has 6 heteroatoms. The number of nitrogens with one attached hydrogen (secondary N) is 2. The molecule has 1 aliphatic heterocycles. The molecule has 0 aromatic heterocycles. The van der Waals surface area contributed by atoms with E-state index in [1.165, 1.54) is 6.07 Å². The lowest BCUT2D eigenvalue weighted by Crippen LogP contribution is -2.40. The van der Waals surface area contributed by atoms with Gasteiger partial charge in [-0.05, 0) is 18.1 Å². The highest BCUT2D eigenvalue weighted by molar-refractivity contribution is 6.02. The molecular weight excluding hydrogens is 251 g/mol. The summed E-state index contributed by atoms with van der Waals surface area (Å²) in [7, 11) is 0. The number of β-amino-alcohol motifs (C(OH)–C–C–N with tert-alkyl or cyclic N) is 1. The molecule has 0 saturated carbocycles. The molecule has 0 spiro atoms. The summed E-state index contributed by atoms with van der Waals surface area (Å²) < 4.78 is 13.3. The Balaban J connectivity index is 1.84. The molecule has 19 heavy (non-hydrogen) atoms. The Morgan fingerprint density at radius 2 is 2.21 bits per heavy atom. The van der Waals surface area contributed by atoms with Crippen LogP contribution >= 0.6 is 0 Å². The number of amides is 2. The molecule has 1 fully saturated rings. The average Bonchev–Trinajstić information content (AvgIpc) is 2.71. The highest BCUT2D eigenvalue weighted by Gasteiger charge is 2.38. The number of hydrogen-bond acceptors (Lipinski definition) is 3. The third-order valence-corrected chi connectivity index (χ3v) is 3.09. The number of aliphatic hydroxyl groups excluding tert-OH is 1. The monoisotopic (exact) mass is 266 g/mol. The second-order valence-electron chi connectivity index (χ2n) is 4.42. The number of carbonyl (C=O) groups excluding carboxylic acids is 2. The summed E-state index contributed by atoms with van der Waals surface area (Å²) in [6.07, 6.45) is -0.663. The Morgan fingerprint density at radius 3 is 2.84 bits per heavy atom. The van der Waals surface area contributed by atoms with E-state index in [2.05, 4.69) is 10.6 Å². The highest BCUT2D eigenvalue weighted by atomic mass is 19.1. The molecule has 1 aliphatic rings. The first kappa shape index (κ1) is 13.5. The van der Waals surface area contributed by atoms with Crippen LogP contribution in [-0.2, 0) is 16.0 Å². The van der Waals surface area contributed by atoms with Crippen LogP contribution in [0.2, 0.25) is 0 Å². The zero-order valence-electron chi connectivity index (χ0n) is 10.2. The molecule has 5 nitrogen and oxygen atoms in total. The van der Waals surface area contributed by atoms with Crippen molar-refractivity contribution in [3.63, 3.8) is 0 Å². The predicted molar refractivity (Wildman–Crippen MR) is 65.6 cm³/mol. The smallest absolute Gasteiger partial charge is 0.235 e. The quantitative estimate of drug-likeness (QED) is 0.648. The number of halogens is 1.